The first-order valence-corrected chi connectivity index (χ1v) is 16.3. The van der Waals surface area contributed by atoms with Gasteiger partial charge in [-0.1, -0.05) is 65.7 Å². The van der Waals surface area contributed by atoms with E-state index in [1.165, 1.54) is 0 Å². The molecule has 2 atom stereocenters. The predicted molar refractivity (Wildman–Crippen MR) is 186 cm³/mol. The Kier molecular flexibility index (Phi) is 10.3. The van der Waals surface area contributed by atoms with Crippen LogP contribution in [0.2, 0.25) is 10.0 Å². The maximum Gasteiger partial charge on any atom is 0.220 e. The van der Waals surface area contributed by atoms with Crippen molar-refractivity contribution in [1.82, 2.24) is 30.9 Å². The van der Waals surface area contributed by atoms with Crippen LogP contribution in [0.3, 0.4) is 0 Å². The van der Waals surface area contributed by atoms with Crippen molar-refractivity contribution >= 4 is 40.0 Å². The fourth-order valence-electron chi connectivity index (χ4n) is 5.75. The molecule has 1 aliphatic rings. The van der Waals surface area contributed by atoms with Gasteiger partial charge in [-0.25, -0.2) is 4.98 Å². The average molecular weight is 672 g/mol. The highest BCUT2D eigenvalue weighted by Gasteiger charge is 2.21. The van der Waals surface area contributed by atoms with Gasteiger partial charge in [0.05, 0.1) is 40.2 Å². The molecule has 0 spiro atoms. The zero-order valence-corrected chi connectivity index (χ0v) is 27.7. The van der Waals surface area contributed by atoms with E-state index < -0.39 is 6.10 Å². The Hall–Kier alpha value is -4.12. The largest absolute Gasteiger partial charge is 0.481 e. The number of carbonyl (C=O) groups is 1. The molecule has 1 amide bonds. The van der Waals surface area contributed by atoms with Crippen molar-refractivity contribution in [2.75, 3.05) is 20.2 Å². The molecule has 2 aromatic carbocycles. The summed E-state index contributed by atoms with van der Waals surface area (Å²) < 4.78 is 5.64. The maximum absolute atomic E-state index is 11.5. The van der Waals surface area contributed by atoms with Gasteiger partial charge < -0.3 is 25.8 Å². The third kappa shape index (κ3) is 7.56. The van der Waals surface area contributed by atoms with E-state index in [4.69, 9.17) is 37.9 Å². The normalized spacial score (nSPS) is 15.2. The highest BCUT2D eigenvalue weighted by Crippen LogP contribution is 2.42. The third-order valence-corrected chi connectivity index (χ3v) is 8.97. The number of fused-ring (bicyclic) bond motifs is 1. The molecule has 9 nitrogen and oxygen atoms in total. The van der Waals surface area contributed by atoms with Crippen LogP contribution >= 0.6 is 23.2 Å². The van der Waals surface area contributed by atoms with Crippen molar-refractivity contribution < 1.29 is 14.6 Å². The van der Waals surface area contributed by atoms with Gasteiger partial charge in [-0.3, -0.25) is 14.8 Å². The van der Waals surface area contributed by atoms with E-state index in [1.807, 2.05) is 66.9 Å². The van der Waals surface area contributed by atoms with Crippen LogP contribution in [0, 0.1) is 0 Å². The van der Waals surface area contributed by atoms with Crippen LogP contribution in [-0.2, 0) is 17.9 Å². The Morgan fingerprint density at radius 1 is 0.936 bits per heavy atom. The van der Waals surface area contributed by atoms with E-state index in [1.54, 1.807) is 20.2 Å². The van der Waals surface area contributed by atoms with Crippen molar-refractivity contribution in [1.29, 1.82) is 0 Å². The molecule has 0 unspecified atom stereocenters. The molecule has 1 saturated heterocycles. The van der Waals surface area contributed by atoms with Crippen LogP contribution in [-0.4, -0.2) is 58.3 Å². The molecule has 0 bridgehead atoms. The highest BCUT2D eigenvalue weighted by atomic mass is 35.5. The summed E-state index contributed by atoms with van der Waals surface area (Å²) in [7, 11) is 1.60. The molecule has 0 saturated carbocycles. The number of pyridine rings is 3. The number of ether oxygens (including phenoxy) is 1. The molecular weight excluding hydrogens is 635 g/mol. The summed E-state index contributed by atoms with van der Waals surface area (Å²) in [6, 6.07) is 19.7. The average Bonchev–Trinajstić information content (AvgIpc) is 3.49. The second-order valence-corrected chi connectivity index (χ2v) is 12.5. The Bertz CT molecular complexity index is 1920. The lowest BCUT2D eigenvalue weighted by Crippen LogP contribution is -2.35. The van der Waals surface area contributed by atoms with Gasteiger partial charge in [0.25, 0.3) is 0 Å². The van der Waals surface area contributed by atoms with Crippen LogP contribution in [0.4, 0.5) is 0 Å². The highest BCUT2D eigenvalue weighted by molar-refractivity contribution is 6.39. The first-order chi connectivity index (χ1) is 22.8. The number of aromatic nitrogens is 3. The summed E-state index contributed by atoms with van der Waals surface area (Å²) in [5.74, 6) is 0.606. The molecule has 0 radical (unpaired) electrons. The number of halogens is 2. The summed E-state index contributed by atoms with van der Waals surface area (Å²) in [4.78, 5) is 25.6. The second kappa shape index (κ2) is 14.8. The Balaban J connectivity index is 1.24. The fourth-order valence-corrected chi connectivity index (χ4v) is 6.40. The van der Waals surface area contributed by atoms with Gasteiger partial charge in [-0.2, -0.15) is 0 Å². The minimum absolute atomic E-state index is 0.101. The van der Waals surface area contributed by atoms with E-state index in [2.05, 4.69) is 20.9 Å². The number of amides is 1. The van der Waals surface area contributed by atoms with Crippen LogP contribution in [0.25, 0.3) is 44.5 Å². The number of carbonyl (C=O) groups excluding carboxylic acids is 1. The van der Waals surface area contributed by atoms with Gasteiger partial charge in [0.15, 0.2) is 0 Å². The van der Waals surface area contributed by atoms with Crippen molar-refractivity contribution in [2.45, 2.75) is 45.0 Å². The molecule has 47 heavy (non-hydrogen) atoms. The van der Waals surface area contributed by atoms with E-state index >= 15 is 0 Å². The van der Waals surface area contributed by atoms with Crippen molar-refractivity contribution in [3.05, 3.63) is 94.2 Å². The van der Waals surface area contributed by atoms with Gasteiger partial charge in [0.2, 0.25) is 11.8 Å². The fraction of sp³-hybridized carbons (Fsp3) is 0.278. The van der Waals surface area contributed by atoms with Gasteiger partial charge >= 0.3 is 0 Å². The van der Waals surface area contributed by atoms with Gasteiger partial charge in [-0.15, -0.1) is 0 Å². The maximum atomic E-state index is 11.5. The quantitative estimate of drug-likeness (QED) is 0.124. The molecule has 242 valence electrons. The van der Waals surface area contributed by atoms with Crippen LogP contribution in [0.15, 0.2) is 73.1 Å². The van der Waals surface area contributed by atoms with E-state index in [-0.39, 0.29) is 11.9 Å². The Morgan fingerprint density at radius 2 is 1.66 bits per heavy atom. The monoisotopic (exact) mass is 670 g/mol. The summed E-state index contributed by atoms with van der Waals surface area (Å²) in [5, 5.41) is 21.0. The van der Waals surface area contributed by atoms with Gasteiger partial charge in [0.1, 0.15) is 0 Å². The number of methoxy groups -OCH3 is 1. The molecule has 0 aliphatic carbocycles. The Morgan fingerprint density at radius 3 is 2.34 bits per heavy atom. The van der Waals surface area contributed by atoms with Crippen molar-refractivity contribution in [3.8, 4) is 39.5 Å². The minimum atomic E-state index is -0.412. The molecule has 6 rings (SSSR count). The van der Waals surface area contributed by atoms with Gasteiger partial charge in [-0.05, 0) is 37.1 Å². The third-order valence-electron chi connectivity index (χ3n) is 8.15. The number of nitrogens with one attached hydrogen (secondary N) is 3. The second-order valence-electron chi connectivity index (χ2n) is 11.7. The number of aliphatic hydroxyl groups excluding tert-OH is 1. The number of rotatable bonds is 12. The van der Waals surface area contributed by atoms with Crippen LogP contribution in [0.1, 0.15) is 30.9 Å². The standard InChI is InChI=1S/C36H36Cl2N6O3/c1-21(45)15-39-16-22-13-24-19-42-32(14-31(24)41-17-22)29-8-4-6-27(35(29)38)26-5-3-7-28(34(26)37)30-11-9-23(36(44-30)47-2)18-40-20-25-10-12-33(46)43-25/h3-9,11,13-14,17,19,21,25,39-40,45H,10,12,15-16,18,20H2,1-2H3,(H,43,46)/t21-,25+/m0/s1. The zero-order valence-electron chi connectivity index (χ0n) is 26.2. The molecule has 5 aromatic rings. The number of aliphatic hydroxyl groups is 1. The number of benzene rings is 2. The molecule has 1 fully saturated rings. The first-order valence-electron chi connectivity index (χ1n) is 15.6. The van der Waals surface area contributed by atoms with Crippen molar-refractivity contribution in [2.24, 2.45) is 0 Å². The first kappa shape index (κ1) is 32.8. The summed E-state index contributed by atoms with van der Waals surface area (Å²) in [5.41, 5.74) is 7.17. The number of hydrogen-bond acceptors (Lipinski definition) is 8. The SMILES string of the molecule is COc1nc(-c2cccc(-c3cccc(-c4cc5ncc(CNC[C@H](C)O)cc5cn4)c3Cl)c2Cl)ccc1CNC[C@H]1CCC(=O)N1. The lowest BCUT2D eigenvalue weighted by molar-refractivity contribution is -0.119. The number of nitrogens with zero attached hydrogens (tertiary/aromatic N) is 3. The molecule has 11 heteroatoms. The van der Waals surface area contributed by atoms with Crippen LogP contribution in [0.5, 0.6) is 5.88 Å². The van der Waals surface area contributed by atoms with E-state index in [0.717, 1.165) is 50.7 Å². The summed E-state index contributed by atoms with van der Waals surface area (Å²) >= 11 is 14.1. The summed E-state index contributed by atoms with van der Waals surface area (Å²) in [6.07, 6.45) is 4.63. The lowest BCUT2D eigenvalue weighted by Gasteiger charge is -2.15. The van der Waals surface area contributed by atoms with E-state index in [0.29, 0.717) is 59.9 Å². The Labute approximate surface area is 283 Å². The summed E-state index contributed by atoms with van der Waals surface area (Å²) in [6.45, 7) is 4.10. The molecule has 4 N–H and O–H groups in total. The molecule has 4 heterocycles. The van der Waals surface area contributed by atoms with Crippen LogP contribution < -0.4 is 20.7 Å². The zero-order chi connectivity index (χ0) is 32.9. The molecule has 1 aliphatic heterocycles. The molecule has 3 aromatic heterocycles. The van der Waals surface area contributed by atoms with E-state index in [9.17, 15) is 9.90 Å². The predicted octanol–water partition coefficient (Wildman–Crippen LogP) is 6.18. The topological polar surface area (TPSA) is 121 Å². The lowest BCUT2D eigenvalue weighted by atomic mass is 9.98. The molecular formula is C36H36Cl2N6O3. The van der Waals surface area contributed by atoms with Gasteiger partial charge in [0, 0.05) is 84.2 Å². The van der Waals surface area contributed by atoms with Crippen molar-refractivity contribution in [3.63, 3.8) is 0 Å². The minimum Gasteiger partial charge on any atom is -0.481 e. The number of hydrogen-bond donors (Lipinski definition) is 4. The smallest absolute Gasteiger partial charge is 0.220 e.